The van der Waals surface area contributed by atoms with Crippen LogP contribution in [-0.4, -0.2) is 46.0 Å². The summed E-state index contributed by atoms with van der Waals surface area (Å²) >= 11 is 1.60. The van der Waals surface area contributed by atoms with Gasteiger partial charge in [-0.15, -0.1) is 11.3 Å². The molecule has 0 aromatic carbocycles. The SMILES string of the molecule is OCC1CN(c2ncnc3sccc23)CCC1O. The van der Waals surface area contributed by atoms with Crippen molar-refractivity contribution in [3.63, 3.8) is 0 Å². The number of rotatable bonds is 2. The Morgan fingerprint density at radius 2 is 2.33 bits per heavy atom. The van der Waals surface area contributed by atoms with Crippen molar-refractivity contribution in [2.24, 2.45) is 5.92 Å². The van der Waals surface area contributed by atoms with Gasteiger partial charge in [-0.3, -0.25) is 0 Å². The number of hydrogen-bond donors (Lipinski definition) is 2. The summed E-state index contributed by atoms with van der Waals surface area (Å²) in [6, 6.07) is 2.02. The van der Waals surface area contributed by atoms with Crippen LogP contribution in [0.5, 0.6) is 0 Å². The Kier molecular flexibility index (Phi) is 3.15. The fraction of sp³-hybridized carbons (Fsp3) is 0.500. The molecular formula is C12H15N3O2S. The second-order valence-corrected chi connectivity index (χ2v) is 5.48. The molecule has 0 spiro atoms. The molecule has 0 radical (unpaired) electrons. The van der Waals surface area contributed by atoms with E-state index in [9.17, 15) is 10.2 Å². The molecule has 3 heterocycles. The summed E-state index contributed by atoms with van der Waals surface area (Å²) in [6.45, 7) is 1.41. The Balaban J connectivity index is 1.93. The van der Waals surface area contributed by atoms with Crippen molar-refractivity contribution in [1.82, 2.24) is 9.97 Å². The summed E-state index contributed by atoms with van der Waals surface area (Å²) in [6.07, 6.45) is 1.83. The highest BCUT2D eigenvalue weighted by molar-refractivity contribution is 7.16. The first-order valence-corrected chi connectivity index (χ1v) is 6.89. The van der Waals surface area contributed by atoms with Crippen LogP contribution in [0.15, 0.2) is 17.8 Å². The molecule has 2 N–H and O–H groups in total. The van der Waals surface area contributed by atoms with Gasteiger partial charge in [-0.05, 0) is 17.9 Å². The van der Waals surface area contributed by atoms with Gasteiger partial charge in [0.2, 0.25) is 0 Å². The molecule has 1 saturated heterocycles. The van der Waals surface area contributed by atoms with E-state index < -0.39 is 6.10 Å². The number of aromatic nitrogens is 2. The third kappa shape index (κ3) is 1.96. The largest absolute Gasteiger partial charge is 0.396 e. The second-order valence-electron chi connectivity index (χ2n) is 4.58. The maximum atomic E-state index is 9.79. The van der Waals surface area contributed by atoms with Crippen LogP contribution < -0.4 is 4.90 Å². The van der Waals surface area contributed by atoms with E-state index in [1.807, 2.05) is 11.4 Å². The van der Waals surface area contributed by atoms with Crippen LogP contribution in [0.3, 0.4) is 0 Å². The fourth-order valence-corrected chi connectivity index (χ4v) is 3.15. The molecule has 0 saturated carbocycles. The average molecular weight is 265 g/mol. The van der Waals surface area contributed by atoms with Crippen molar-refractivity contribution in [3.05, 3.63) is 17.8 Å². The van der Waals surface area contributed by atoms with Gasteiger partial charge in [0, 0.05) is 19.0 Å². The van der Waals surface area contributed by atoms with E-state index in [1.165, 1.54) is 0 Å². The summed E-state index contributed by atoms with van der Waals surface area (Å²) in [5.74, 6) is 0.814. The first-order valence-electron chi connectivity index (χ1n) is 6.01. The van der Waals surface area contributed by atoms with Crippen LogP contribution >= 0.6 is 11.3 Å². The summed E-state index contributed by atoms with van der Waals surface area (Å²) in [5.41, 5.74) is 0. The summed E-state index contributed by atoms with van der Waals surface area (Å²) < 4.78 is 0. The molecule has 1 fully saturated rings. The Morgan fingerprint density at radius 1 is 1.44 bits per heavy atom. The van der Waals surface area contributed by atoms with E-state index in [2.05, 4.69) is 14.9 Å². The molecule has 2 aromatic heterocycles. The van der Waals surface area contributed by atoms with Crippen LogP contribution in [-0.2, 0) is 0 Å². The van der Waals surface area contributed by atoms with Gasteiger partial charge < -0.3 is 15.1 Å². The van der Waals surface area contributed by atoms with E-state index in [0.717, 1.165) is 22.6 Å². The van der Waals surface area contributed by atoms with Crippen molar-refractivity contribution in [3.8, 4) is 0 Å². The minimum absolute atomic E-state index is 0.00945. The predicted octanol–water partition coefficient (Wildman–Crippen LogP) is 0.871. The van der Waals surface area contributed by atoms with Gasteiger partial charge in [0.15, 0.2) is 0 Å². The minimum Gasteiger partial charge on any atom is -0.396 e. The normalized spacial score (nSPS) is 24.7. The standard InChI is InChI=1S/C12H15N3O2S/c16-6-8-5-15(3-1-10(8)17)11-9-2-4-18-12(9)14-7-13-11/h2,4,7-8,10,16-17H,1,3,5-6H2. The topological polar surface area (TPSA) is 69.5 Å². The molecule has 3 rings (SSSR count). The second kappa shape index (κ2) is 4.79. The molecule has 96 valence electrons. The van der Waals surface area contributed by atoms with Crippen LogP contribution in [0.4, 0.5) is 5.82 Å². The Labute approximate surface area is 109 Å². The zero-order valence-electron chi connectivity index (χ0n) is 9.86. The monoisotopic (exact) mass is 265 g/mol. The molecule has 18 heavy (non-hydrogen) atoms. The molecule has 2 unspecified atom stereocenters. The van der Waals surface area contributed by atoms with Gasteiger partial charge in [-0.25, -0.2) is 9.97 Å². The number of anilines is 1. The van der Waals surface area contributed by atoms with Crippen LogP contribution in [0.25, 0.3) is 10.2 Å². The number of hydrogen-bond acceptors (Lipinski definition) is 6. The quantitative estimate of drug-likeness (QED) is 0.843. The van der Waals surface area contributed by atoms with Gasteiger partial charge in [-0.2, -0.15) is 0 Å². The van der Waals surface area contributed by atoms with E-state index in [0.29, 0.717) is 13.0 Å². The minimum atomic E-state index is -0.411. The predicted molar refractivity (Wildman–Crippen MR) is 70.8 cm³/mol. The maximum Gasteiger partial charge on any atom is 0.140 e. The first-order chi connectivity index (χ1) is 8.79. The molecule has 1 aliphatic heterocycles. The highest BCUT2D eigenvalue weighted by Gasteiger charge is 2.28. The van der Waals surface area contributed by atoms with Crippen molar-refractivity contribution in [1.29, 1.82) is 0 Å². The van der Waals surface area contributed by atoms with Crippen molar-refractivity contribution in [2.75, 3.05) is 24.6 Å². The lowest BCUT2D eigenvalue weighted by Crippen LogP contribution is -2.45. The van der Waals surface area contributed by atoms with E-state index >= 15 is 0 Å². The van der Waals surface area contributed by atoms with E-state index in [1.54, 1.807) is 17.7 Å². The van der Waals surface area contributed by atoms with Crippen molar-refractivity contribution < 1.29 is 10.2 Å². The Morgan fingerprint density at radius 3 is 3.17 bits per heavy atom. The summed E-state index contributed by atoms with van der Waals surface area (Å²) in [4.78, 5) is 11.7. The number of nitrogens with zero attached hydrogens (tertiary/aromatic N) is 3. The van der Waals surface area contributed by atoms with Crippen LogP contribution in [0.2, 0.25) is 0 Å². The first kappa shape index (κ1) is 11.8. The highest BCUT2D eigenvalue weighted by Crippen LogP contribution is 2.29. The molecule has 2 atom stereocenters. The van der Waals surface area contributed by atoms with Gasteiger partial charge in [-0.1, -0.05) is 0 Å². The van der Waals surface area contributed by atoms with Crippen LogP contribution in [0.1, 0.15) is 6.42 Å². The van der Waals surface area contributed by atoms with Crippen molar-refractivity contribution >= 4 is 27.4 Å². The molecule has 1 aliphatic rings. The van der Waals surface area contributed by atoms with Crippen molar-refractivity contribution in [2.45, 2.75) is 12.5 Å². The average Bonchev–Trinajstić information content (AvgIpc) is 2.87. The van der Waals surface area contributed by atoms with E-state index in [4.69, 9.17) is 0 Å². The molecule has 0 amide bonds. The number of aliphatic hydroxyl groups excluding tert-OH is 2. The van der Waals surface area contributed by atoms with E-state index in [-0.39, 0.29) is 12.5 Å². The third-order valence-corrected chi connectivity index (χ3v) is 4.29. The Bertz CT molecular complexity index is 545. The molecule has 5 nitrogen and oxygen atoms in total. The highest BCUT2D eigenvalue weighted by atomic mass is 32.1. The van der Waals surface area contributed by atoms with Gasteiger partial charge >= 0.3 is 0 Å². The summed E-state index contributed by atoms with van der Waals surface area (Å²) in [7, 11) is 0. The smallest absolute Gasteiger partial charge is 0.140 e. The lowest BCUT2D eigenvalue weighted by Gasteiger charge is -2.36. The van der Waals surface area contributed by atoms with Gasteiger partial charge in [0.05, 0.1) is 18.1 Å². The van der Waals surface area contributed by atoms with Crippen LogP contribution in [0, 0.1) is 5.92 Å². The Hall–Kier alpha value is -1.24. The summed E-state index contributed by atoms with van der Waals surface area (Å²) in [5, 5.41) is 22.1. The van der Waals surface area contributed by atoms with Gasteiger partial charge in [0.1, 0.15) is 17.0 Å². The fourth-order valence-electron chi connectivity index (χ4n) is 2.42. The third-order valence-electron chi connectivity index (χ3n) is 3.47. The lowest BCUT2D eigenvalue weighted by atomic mass is 9.95. The number of fused-ring (bicyclic) bond motifs is 1. The molecular weight excluding hydrogens is 250 g/mol. The van der Waals surface area contributed by atoms with Gasteiger partial charge in [0.25, 0.3) is 0 Å². The number of thiophene rings is 1. The molecule has 0 aliphatic carbocycles. The molecule has 0 bridgehead atoms. The zero-order chi connectivity index (χ0) is 12.5. The molecule has 6 heteroatoms. The lowest BCUT2D eigenvalue weighted by molar-refractivity contribution is 0.0524. The number of aliphatic hydroxyl groups is 2. The maximum absolute atomic E-state index is 9.79. The molecule has 2 aromatic rings. The number of piperidine rings is 1. The zero-order valence-corrected chi connectivity index (χ0v) is 10.7.